The zero-order valence-corrected chi connectivity index (χ0v) is 8.86. The Labute approximate surface area is 92.5 Å². The van der Waals surface area contributed by atoms with Gasteiger partial charge in [-0.25, -0.2) is 8.42 Å². The fraction of sp³-hybridized carbons (Fsp3) is 0. The van der Waals surface area contributed by atoms with Crippen LogP contribution in [0.5, 0.6) is 0 Å². The van der Waals surface area contributed by atoms with Gasteiger partial charge in [0.25, 0.3) is 0 Å². The zero-order valence-electron chi connectivity index (χ0n) is 8.04. The maximum absolute atomic E-state index is 11.1. The SMILES string of the molecule is N#Cc1cccc2cccc(S(=O)(=O)[O-])c12. The van der Waals surface area contributed by atoms with Crippen LogP contribution in [0.3, 0.4) is 0 Å². The molecule has 0 unspecified atom stereocenters. The summed E-state index contributed by atoms with van der Waals surface area (Å²) in [6, 6.07) is 11.0. The normalized spacial score (nSPS) is 11.2. The summed E-state index contributed by atoms with van der Waals surface area (Å²) >= 11 is 0. The first-order valence-corrected chi connectivity index (χ1v) is 5.82. The van der Waals surface area contributed by atoms with Crippen LogP contribution in [0.4, 0.5) is 0 Å². The Balaban J connectivity index is 3.03. The molecular formula is C11H6NO3S-. The third-order valence-corrected chi connectivity index (χ3v) is 3.14. The van der Waals surface area contributed by atoms with Crippen LogP contribution in [0.15, 0.2) is 41.3 Å². The molecule has 0 fully saturated rings. The van der Waals surface area contributed by atoms with Crippen LogP contribution in [0, 0.1) is 11.3 Å². The summed E-state index contributed by atoms with van der Waals surface area (Å²) in [6.45, 7) is 0. The molecule has 0 aromatic heterocycles. The highest BCUT2D eigenvalue weighted by Crippen LogP contribution is 2.25. The lowest BCUT2D eigenvalue weighted by molar-refractivity contribution is 0.464. The average molecular weight is 232 g/mol. The topological polar surface area (TPSA) is 81.0 Å². The van der Waals surface area contributed by atoms with E-state index in [1.165, 1.54) is 18.2 Å². The number of nitriles is 1. The summed E-state index contributed by atoms with van der Waals surface area (Å²) in [6.07, 6.45) is 0. The smallest absolute Gasteiger partial charge is 0.125 e. The summed E-state index contributed by atoms with van der Waals surface area (Å²) in [7, 11) is -4.56. The monoisotopic (exact) mass is 232 g/mol. The molecule has 0 saturated heterocycles. The van der Waals surface area contributed by atoms with E-state index in [1.807, 2.05) is 6.07 Å². The Morgan fingerprint density at radius 1 is 1.12 bits per heavy atom. The van der Waals surface area contributed by atoms with E-state index in [4.69, 9.17) is 5.26 Å². The Morgan fingerprint density at radius 3 is 2.31 bits per heavy atom. The molecule has 2 aromatic rings. The van der Waals surface area contributed by atoms with Crippen molar-refractivity contribution in [2.24, 2.45) is 0 Å². The third-order valence-electron chi connectivity index (χ3n) is 2.26. The highest BCUT2D eigenvalue weighted by atomic mass is 32.2. The number of benzene rings is 2. The van der Waals surface area contributed by atoms with Gasteiger partial charge in [0.1, 0.15) is 10.1 Å². The van der Waals surface area contributed by atoms with Crippen molar-refractivity contribution in [2.75, 3.05) is 0 Å². The minimum Gasteiger partial charge on any atom is -0.744 e. The molecule has 4 nitrogen and oxygen atoms in total. The van der Waals surface area contributed by atoms with Gasteiger partial charge in [-0.2, -0.15) is 5.26 Å². The molecule has 0 amide bonds. The van der Waals surface area contributed by atoms with E-state index in [9.17, 15) is 13.0 Å². The predicted molar refractivity (Wildman–Crippen MR) is 56.6 cm³/mol. The van der Waals surface area contributed by atoms with Gasteiger partial charge >= 0.3 is 0 Å². The molecule has 0 aliphatic carbocycles. The van der Waals surface area contributed by atoms with Gasteiger partial charge in [-0.15, -0.1) is 0 Å². The molecule has 5 heteroatoms. The minimum absolute atomic E-state index is 0.188. The van der Waals surface area contributed by atoms with Crippen molar-refractivity contribution >= 4 is 20.9 Å². The van der Waals surface area contributed by atoms with Crippen molar-refractivity contribution in [3.05, 3.63) is 42.0 Å². The van der Waals surface area contributed by atoms with E-state index in [1.54, 1.807) is 18.2 Å². The lowest BCUT2D eigenvalue weighted by atomic mass is 10.1. The summed E-state index contributed by atoms with van der Waals surface area (Å²) in [5, 5.41) is 9.64. The Morgan fingerprint density at radius 2 is 1.75 bits per heavy atom. The van der Waals surface area contributed by atoms with Crippen LogP contribution < -0.4 is 0 Å². The fourth-order valence-electron chi connectivity index (χ4n) is 1.61. The Kier molecular flexibility index (Phi) is 2.38. The van der Waals surface area contributed by atoms with E-state index in [2.05, 4.69) is 0 Å². The molecular weight excluding hydrogens is 226 g/mol. The molecule has 0 aliphatic rings. The molecule has 2 rings (SSSR count). The standard InChI is InChI=1S/C11H7NO3S/c12-7-9-5-1-3-8-4-2-6-10(11(8)9)16(13,14)15/h1-6H,(H,13,14,15)/p-1. The molecule has 2 aromatic carbocycles. The van der Waals surface area contributed by atoms with Gasteiger partial charge in [-0.3, -0.25) is 0 Å². The molecule has 0 saturated carbocycles. The van der Waals surface area contributed by atoms with Crippen molar-refractivity contribution in [3.8, 4) is 6.07 Å². The quantitative estimate of drug-likeness (QED) is 0.699. The van der Waals surface area contributed by atoms with E-state index in [0.29, 0.717) is 5.39 Å². The summed E-state index contributed by atoms with van der Waals surface area (Å²) in [5.74, 6) is 0. The van der Waals surface area contributed by atoms with Crippen molar-refractivity contribution in [1.29, 1.82) is 5.26 Å². The molecule has 0 radical (unpaired) electrons. The van der Waals surface area contributed by atoms with Crippen molar-refractivity contribution in [3.63, 3.8) is 0 Å². The van der Waals surface area contributed by atoms with Gasteiger partial charge < -0.3 is 4.55 Å². The number of rotatable bonds is 1. The first kappa shape index (κ1) is 10.6. The molecule has 16 heavy (non-hydrogen) atoms. The molecule has 0 N–H and O–H groups in total. The molecule has 0 heterocycles. The Hall–Kier alpha value is -1.90. The molecule has 0 bridgehead atoms. The van der Waals surface area contributed by atoms with E-state index in [-0.39, 0.29) is 15.8 Å². The number of hydrogen-bond donors (Lipinski definition) is 0. The van der Waals surface area contributed by atoms with Crippen LogP contribution in [0.2, 0.25) is 0 Å². The second-order valence-electron chi connectivity index (χ2n) is 3.23. The third kappa shape index (κ3) is 1.65. The number of fused-ring (bicyclic) bond motifs is 1. The van der Waals surface area contributed by atoms with Crippen LogP contribution in [-0.2, 0) is 10.1 Å². The predicted octanol–water partition coefficient (Wildman–Crippen LogP) is 1.62. The first-order chi connectivity index (χ1) is 7.54. The lowest BCUT2D eigenvalue weighted by Crippen LogP contribution is -2.00. The second kappa shape index (κ2) is 3.59. The van der Waals surface area contributed by atoms with Crippen LogP contribution >= 0.6 is 0 Å². The van der Waals surface area contributed by atoms with Crippen LogP contribution in [0.25, 0.3) is 10.8 Å². The lowest BCUT2D eigenvalue weighted by Gasteiger charge is -2.11. The maximum atomic E-state index is 11.1. The fourth-order valence-corrected chi connectivity index (χ4v) is 2.33. The van der Waals surface area contributed by atoms with E-state index in [0.717, 1.165) is 0 Å². The van der Waals surface area contributed by atoms with Crippen molar-refractivity contribution in [2.45, 2.75) is 4.90 Å². The Bertz CT molecular complexity index is 693. The van der Waals surface area contributed by atoms with Gasteiger partial charge in [-0.05, 0) is 17.5 Å². The number of nitrogens with zero attached hydrogens (tertiary/aromatic N) is 1. The highest BCUT2D eigenvalue weighted by molar-refractivity contribution is 7.86. The number of hydrogen-bond acceptors (Lipinski definition) is 4. The van der Waals surface area contributed by atoms with Crippen LogP contribution in [0.1, 0.15) is 5.56 Å². The van der Waals surface area contributed by atoms with Gasteiger partial charge in [-0.1, -0.05) is 24.3 Å². The van der Waals surface area contributed by atoms with Gasteiger partial charge in [0.15, 0.2) is 0 Å². The molecule has 0 aliphatic heterocycles. The minimum atomic E-state index is -4.56. The largest absolute Gasteiger partial charge is 0.744 e. The molecule has 0 atom stereocenters. The van der Waals surface area contributed by atoms with E-state index >= 15 is 0 Å². The summed E-state index contributed by atoms with van der Waals surface area (Å²) in [5.41, 5.74) is 0.188. The summed E-state index contributed by atoms with van der Waals surface area (Å²) in [4.78, 5) is -0.345. The maximum Gasteiger partial charge on any atom is 0.125 e. The average Bonchev–Trinajstić information content (AvgIpc) is 2.26. The van der Waals surface area contributed by atoms with Crippen molar-refractivity contribution < 1.29 is 13.0 Å². The zero-order chi connectivity index (χ0) is 11.8. The van der Waals surface area contributed by atoms with Gasteiger partial charge in [0, 0.05) is 5.39 Å². The van der Waals surface area contributed by atoms with E-state index < -0.39 is 10.1 Å². The van der Waals surface area contributed by atoms with Gasteiger partial charge in [0.2, 0.25) is 0 Å². The second-order valence-corrected chi connectivity index (χ2v) is 4.57. The van der Waals surface area contributed by atoms with Gasteiger partial charge in [0.05, 0.1) is 16.5 Å². The molecule has 0 spiro atoms. The first-order valence-electron chi connectivity index (χ1n) is 4.42. The van der Waals surface area contributed by atoms with Crippen molar-refractivity contribution in [1.82, 2.24) is 0 Å². The van der Waals surface area contributed by atoms with Crippen LogP contribution in [-0.4, -0.2) is 13.0 Å². The summed E-state index contributed by atoms with van der Waals surface area (Å²) < 4.78 is 33.2. The highest BCUT2D eigenvalue weighted by Gasteiger charge is 2.10. The molecule has 80 valence electrons.